The first-order valence-electron chi connectivity index (χ1n) is 8.83. The standard InChI is InChI=1S/C21H19FN2O5S/c1-29-18-10-5-15(6-11-18)21(14-3-7-16(22)8-4-14)23-17-9-12-19(24(25)26)20(13-17)30(2,27)28/h3-13,21,23H,1-2H3. The number of anilines is 1. The summed E-state index contributed by atoms with van der Waals surface area (Å²) in [4.78, 5) is 10.1. The Balaban J connectivity index is 2.06. The predicted octanol–water partition coefficient (Wildman–Crippen LogP) is 4.35. The highest BCUT2D eigenvalue weighted by Gasteiger charge is 2.23. The van der Waals surface area contributed by atoms with Gasteiger partial charge in [0, 0.05) is 18.0 Å². The minimum atomic E-state index is -3.83. The van der Waals surface area contributed by atoms with E-state index in [1.807, 2.05) is 12.1 Å². The molecule has 0 aliphatic rings. The first-order chi connectivity index (χ1) is 14.2. The summed E-state index contributed by atoms with van der Waals surface area (Å²) in [6.07, 6.45) is 0.917. The zero-order valence-corrected chi connectivity index (χ0v) is 17.0. The first-order valence-corrected chi connectivity index (χ1v) is 10.7. The molecule has 3 aromatic rings. The van der Waals surface area contributed by atoms with Crippen molar-refractivity contribution in [1.29, 1.82) is 0 Å². The zero-order valence-electron chi connectivity index (χ0n) is 16.2. The molecular weight excluding hydrogens is 411 g/mol. The molecule has 30 heavy (non-hydrogen) atoms. The van der Waals surface area contributed by atoms with Crippen LogP contribution in [0, 0.1) is 15.9 Å². The van der Waals surface area contributed by atoms with Crippen LogP contribution in [0.4, 0.5) is 15.8 Å². The molecule has 0 saturated heterocycles. The maximum absolute atomic E-state index is 13.4. The molecule has 1 N–H and O–H groups in total. The van der Waals surface area contributed by atoms with E-state index in [-0.39, 0.29) is 10.7 Å². The number of hydrogen-bond donors (Lipinski definition) is 1. The second-order valence-corrected chi connectivity index (χ2v) is 8.60. The van der Waals surface area contributed by atoms with Gasteiger partial charge >= 0.3 is 0 Å². The summed E-state index contributed by atoms with van der Waals surface area (Å²) in [6.45, 7) is 0. The lowest BCUT2D eigenvalue weighted by Gasteiger charge is -2.22. The predicted molar refractivity (Wildman–Crippen MR) is 111 cm³/mol. The van der Waals surface area contributed by atoms with Crippen molar-refractivity contribution < 1.29 is 22.5 Å². The third-order valence-electron chi connectivity index (χ3n) is 4.52. The number of nitrogens with one attached hydrogen (secondary N) is 1. The van der Waals surface area contributed by atoms with Crippen molar-refractivity contribution in [3.8, 4) is 5.75 Å². The molecule has 0 amide bonds. The Hall–Kier alpha value is -3.46. The number of nitrogens with zero attached hydrogens (tertiary/aromatic N) is 1. The molecule has 3 rings (SSSR count). The topological polar surface area (TPSA) is 98.5 Å². The van der Waals surface area contributed by atoms with Gasteiger partial charge in [0.25, 0.3) is 5.69 Å². The number of ether oxygens (including phenoxy) is 1. The molecule has 0 aromatic heterocycles. The summed E-state index contributed by atoms with van der Waals surface area (Å²) in [5.41, 5.74) is 1.40. The minimum absolute atomic E-state index is 0.367. The largest absolute Gasteiger partial charge is 0.497 e. The Bertz CT molecular complexity index is 1160. The summed E-state index contributed by atoms with van der Waals surface area (Å²) in [5, 5.41) is 14.4. The van der Waals surface area contributed by atoms with Crippen molar-refractivity contribution in [1.82, 2.24) is 0 Å². The molecule has 0 aliphatic heterocycles. The van der Waals surface area contributed by atoms with Gasteiger partial charge < -0.3 is 10.1 Å². The number of rotatable bonds is 7. The van der Waals surface area contributed by atoms with Crippen molar-refractivity contribution in [2.45, 2.75) is 10.9 Å². The van der Waals surface area contributed by atoms with Gasteiger partial charge in [0.05, 0.1) is 18.1 Å². The van der Waals surface area contributed by atoms with Gasteiger partial charge in [0.1, 0.15) is 16.5 Å². The SMILES string of the molecule is COc1ccc(C(Nc2ccc([N+](=O)[O-])c(S(C)(=O)=O)c2)c2ccc(F)cc2)cc1. The molecule has 0 aliphatic carbocycles. The Kier molecular flexibility index (Phi) is 6.02. The Morgan fingerprint density at radius 1 is 1.00 bits per heavy atom. The molecule has 0 radical (unpaired) electrons. The van der Waals surface area contributed by atoms with E-state index in [0.717, 1.165) is 23.4 Å². The lowest BCUT2D eigenvalue weighted by atomic mass is 9.98. The van der Waals surface area contributed by atoms with Crippen molar-refractivity contribution in [2.24, 2.45) is 0 Å². The van der Waals surface area contributed by atoms with Crippen molar-refractivity contribution in [3.63, 3.8) is 0 Å². The molecule has 9 heteroatoms. The van der Waals surface area contributed by atoms with Crippen LogP contribution in [0.25, 0.3) is 0 Å². The third kappa shape index (κ3) is 4.74. The summed E-state index contributed by atoms with van der Waals surface area (Å²) in [7, 11) is -2.28. The van der Waals surface area contributed by atoms with Crippen LogP contribution in [0.2, 0.25) is 0 Å². The Morgan fingerprint density at radius 3 is 2.07 bits per heavy atom. The summed E-state index contributed by atoms with van der Waals surface area (Å²) in [5.74, 6) is 0.272. The quantitative estimate of drug-likeness (QED) is 0.442. The van der Waals surface area contributed by atoms with Crippen LogP contribution in [0.15, 0.2) is 71.6 Å². The van der Waals surface area contributed by atoms with Crippen LogP contribution in [0.1, 0.15) is 17.2 Å². The van der Waals surface area contributed by atoms with E-state index in [2.05, 4.69) is 5.32 Å². The highest BCUT2D eigenvalue weighted by atomic mass is 32.2. The minimum Gasteiger partial charge on any atom is -0.497 e. The van der Waals surface area contributed by atoms with E-state index in [4.69, 9.17) is 4.74 Å². The van der Waals surface area contributed by atoms with E-state index in [1.165, 1.54) is 24.3 Å². The van der Waals surface area contributed by atoms with Crippen LogP contribution in [-0.4, -0.2) is 26.7 Å². The Labute approximate surface area is 173 Å². The summed E-state index contributed by atoms with van der Waals surface area (Å²) < 4.78 is 42.7. The molecule has 1 unspecified atom stereocenters. The molecule has 0 heterocycles. The van der Waals surface area contributed by atoms with Gasteiger partial charge in [-0.05, 0) is 47.5 Å². The number of hydrogen-bond acceptors (Lipinski definition) is 6. The van der Waals surface area contributed by atoms with Crippen molar-refractivity contribution in [2.75, 3.05) is 18.7 Å². The number of nitro groups is 1. The number of benzene rings is 3. The molecule has 0 bridgehead atoms. The molecule has 3 aromatic carbocycles. The molecular formula is C21H19FN2O5S. The van der Waals surface area contributed by atoms with E-state index >= 15 is 0 Å². The van der Waals surface area contributed by atoms with Gasteiger partial charge in [-0.1, -0.05) is 24.3 Å². The molecule has 7 nitrogen and oxygen atoms in total. The van der Waals surface area contributed by atoms with Gasteiger partial charge in [-0.3, -0.25) is 10.1 Å². The average Bonchev–Trinajstić information content (AvgIpc) is 2.72. The number of halogens is 1. The van der Waals surface area contributed by atoms with Crippen LogP contribution >= 0.6 is 0 Å². The fourth-order valence-electron chi connectivity index (χ4n) is 3.03. The van der Waals surface area contributed by atoms with Gasteiger partial charge in [-0.15, -0.1) is 0 Å². The second-order valence-electron chi connectivity index (χ2n) is 6.61. The van der Waals surface area contributed by atoms with Crippen molar-refractivity contribution in [3.05, 3.63) is 93.8 Å². The molecule has 156 valence electrons. The Morgan fingerprint density at radius 2 is 1.57 bits per heavy atom. The van der Waals surface area contributed by atoms with Gasteiger partial charge in [0.15, 0.2) is 9.84 Å². The number of nitro benzene ring substituents is 1. The van der Waals surface area contributed by atoms with Gasteiger partial charge in [-0.2, -0.15) is 0 Å². The highest BCUT2D eigenvalue weighted by molar-refractivity contribution is 7.90. The summed E-state index contributed by atoms with van der Waals surface area (Å²) in [6, 6.07) is 16.4. The average molecular weight is 430 g/mol. The monoisotopic (exact) mass is 430 g/mol. The lowest BCUT2D eigenvalue weighted by Crippen LogP contribution is -2.13. The van der Waals surface area contributed by atoms with Crippen LogP contribution in [0.5, 0.6) is 5.75 Å². The first kappa shape index (κ1) is 21.3. The molecule has 0 saturated carbocycles. The highest BCUT2D eigenvalue weighted by Crippen LogP contribution is 2.32. The molecule has 0 spiro atoms. The summed E-state index contributed by atoms with van der Waals surface area (Å²) >= 11 is 0. The number of sulfone groups is 1. The number of methoxy groups -OCH3 is 1. The van der Waals surface area contributed by atoms with E-state index in [1.54, 1.807) is 31.4 Å². The smallest absolute Gasteiger partial charge is 0.288 e. The molecule has 1 atom stereocenters. The van der Waals surface area contributed by atoms with Crippen LogP contribution < -0.4 is 10.1 Å². The van der Waals surface area contributed by atoms with E-state index in [0.29, 0.717) is 11.4 Å². The molecule has 0 fully saturated rings. The van der Waals surface area contributed by atoms with Gasteiger partial charge in [-0.25, -0.2) is 12.8 Å². The van der Waals surface area contributed by atoms with Crippen LogP contribution in [0.3, 0.4) is 0 Å². The zero-order chi connectivity index (χ0) is 21.9. The normalized spacial score (nSPS) is 12.2. The van der Waals surface area contributed by atoms with E-state index < -0.39 is 26.5 Å². The van der Waals surface area contributed by atoms with E-state index in [9.17, 15) is 22.9 Å². The third-order valence-corrected chi connectivity index (χ3v) is 5.65. The maximum Gasteiger partial charge on any atom is 0.288 e. The maximum atomic E-state index is 13.4. The fraction of sp³-hybridized carbons (Fsp3) is 0.143. The van der Waals surface area contributed by atoms with Gasteiger partial charge in [0.2, 0.25) is 0 Å². The van der Waals surface area contributed by atoms with Crippen LogP contribution in [-0.2, 0) is 9.84 Å². The second kappa shape index (κ2) is 8.50. The fourth-order valence-corrected chi connectivity index (χ4v) is 3.89. The van der Waals surface area contributed by atoms with Crippen molar-refractivity contribution >= 4 is 21.2 Å². The lowest BCUT2D eigenvalue weighted by molar-refractivity contribution is -0.387.